The van der Waals surface area contributed by atoms with Gasteiger partial charge in [0.2, 0.25) is 0 Å². The van der Waals surface area contributed by atoms with E-state index in [9.17, 15) is 13.2 Å². The predicted octanol–water partition coefficient (Wildman–Crippen LogP) is 3.18. The molecular formula is C13H18F3NO. The van der Waals surface area contributed by atoms with E-state index in [2.05, 4.69) is 5.32 Å². The van der Waals surface area contributed by atoms with E-state index >= 15 is 0 Å². The highest BCUT2D eigenvalue weighted by Gasteiger charge is 2.35. The second kappa shape index (κ2) is 5.71. The number of ether oxygens (including phenoxy) is 1. The number of halogens is 3. The molecule has 2 nitrogen and oxygen atoms in total. The quantitative estimate of drug-likeness (QED) is 0.822. The zero-order valence-electron chi connectivity index (χ0n) is 11.0. The summed E-state index contributed by atoms with van der Waals surface area (Å²) in [5, 5.41) is 2.89. The predicted molar refractivity (Wildman–Crippen MR) is 63.8 cm³/mol. The van der Waals surface area contributed by atoms with Gasteiger partial charge in [-0.2, -0.15) is 0 Å². The third-order valence-electron chi connectivity index (χ3n) is 3.44. The fraction of sp³-hybridized carbons (Fsp3) is 0.538. The Labute approximate surface area is 105 Å². The summed E-state index contributed by atoms with van der Waals surface area (Å²) in [4.78, 5) is 0. The summed E-state index contributed by atoms with van der Waals surface area (Å²) in [6.07, 6.45) is 0.591. The highest BCUT2D eigenvalue weighted by molar-refractivity contribution is 5.26. The largest absolute Gasteiger partial charge is 0.377 e. The summed E-state index contributed by atoms with van der Waals surface area (Å²) in [5.74, 6) is -3.82. The van der Waals surface area contributed by atoms with Crippen LogP contribution in [-0.2, 0) is 4.74 Å². The fourth-order valence-corrected chi connectivity index (χ4v) is 2.02. The van der Waals surface area contributed by atoms with Gasteiger partial charge in [-0.25, -0.2) is 13.2 Å². The maximum atomic E-state index is 13.8. The highest BCUT2D eigenvalue weighted by Crippen LogP contribution is 2.33. The van der Waals surface area contributed by atoms with Crippen LogP contribution in [0.4, 0.5) is 13.2 Å². The summed E-state index contributed by atoms with van der Waals surface area (Å²) in [6, 6.07) is 1.59. The van der Waals surface area contributed by atoms with Crippen molar-refractivity contribution in [1.29, 1.82) is 0 Å². The number of likely N-dealkylation sites (N-methyl/N-ethyl adjacent to an activating group) is 1. The monoisotopic (exact) mass is 261 g/mol. The molecule has 2 unspecified atom stereocenters. The molecule has 102 valence electrons. The lowest BCUT2D eigenvalue weighted by molar-refractivity contribution is -0.0290. The summed E-state index contributed by atoms with van der Waals surface area (Å²) in [5.41, 5.74) is -0.651. The van der Waals surface area contributed by atoms with E-state index in [0.29, 0.717) is 6.42 Å². The van der Waals surface area contributed by atoms with Gasteiger partial charge in [-0.3, -0.25) is 0 Å². The second-order valence-corrected chi connectivity index (χ2v) is 4.36. The van der Waals surface area contributed by atoms with Crippen LogP contribution in [0.3, 0.4) is 0 Å². The van der Waals surface area contributed by atoms with E-state index in [4.69, 9.17) is 4.74 Å². The average molecular weight is 261 g/mol. The lowest BCUT2D eigenvalue weighted by atomic mass is 9.87. The molecule has 5 heteroatoms. The Morgan fingerprint density at radius 3 is 2.33 bits per heavy atom. The van der Waals surface area contributed by atoms with Crippen LogP contribution >= 0.6 is 0 Å². The van der Waals surface area contributed by atoms with Gasteiger partial charge in [0.15, 0.2) is 17.5 Å². The van der Waals surface area contributed by atoms with Crippen molar-refractivity contribution in [1.82, 2.24) is 5.32 Å². The van der Waals surface area contributed by atoms with Gasteiger partial charge < -0.3 is 10.1 Å². The molecule has 18 heavy (non-hydrogen) atoms. The Hall–Kier alpha value is -1.07. The van der Waals surface area contributed by atoms with Crippen molar-refractivity contribution in [2.75, 3.05) is 14.2 Å². The van der Waals surface area contributed by atoms with Crippen LogP contribution in [0, 0.1) is 17.5 Å². The lowest BCUT2D eigenvalue weighted by Gasteiger charge is -2.36. The Kier molecular flexibility index (Phi) is 4.76. The molecule has 1 aromatic rings. The van der Waals surface area contributed by atoms with Gasteiger partial charge in [-0.05, 0) is 26.5 Å². The van der Waals surface area contributed by atoms with Crippen molar-refractivity contribution in [2.45, 2.75) is 31.9 Å². The van der Waals surface area contributed by atoms with Gasteiger partial charge in [0, 0.05) is 12.7 Å². The number of methoxy groups -OCH3 is 1. The summed E-state index contributed by atoms with van der Waals surface area (Å²) in [7, 11) is 3.13. The fourth-order valence-electron chi connectivity index (χ4n) is 2.02. The molecule has 0 amide bonds. The molecule has 0 aliphatic heterocycles. The minimum absolute atomic E-state index is 0.0580. The van der Waals surface area contributed by atoms with Crippen LogP contribution in [0.25, 0.3) is 0 Å². The third-order valence-corrected chi connectivity index (χ3v) is 3.44. The van der Waals surface area contributed by atoms with Crippen LogP contribution in [-0.4, -0.2) is 19.8 Å². The first-order valence-electron chi connectivity index (χ1n) is 5.77. The molecular weight excluding hydrogens is 243 g/mol. The van der Waals surface area contributed by atoms with Crippen molar-refractivity contribution in [2.24, 2.45) is 0 Å². The van der Waals surface area contributed by atoms with Gasteiger partial charge in [-0.15, -0.1) is 0 Å². The first-order valence-corrected chi connectivity index (χ1v) is 5.77. The third kappa shape index (κ3) is 2.52. The molecule has 0 spiro atoms. The van der Waals surface area contributed by atoms with Gasteiger partial charge in [-0.1, -0.05) is 13.0 Å². The Morgan fingerprint density at radius 2 is 1.89 bits per heavy atom. The van der Waals surface area contributed by atoms with Crippen molar-refractivity contribution in [3.63, 3.8) is 0 Å². The average Bonchev–Trinajstić information content (AvgIpc) is 2.39. The van der Waals surface area contributed by atoms with Crippen molar-refractivity contribution in [3.05, 3.63) is 35.1 Å². The van der Waals surface area contributed by atoms with E-state index in [0.717, 1.165) is 6.07 Å². The zero-order valence-corrected chi connectivity index (χ0v) is 11.0. The topological polar surface area (TPSA) is 21.3 Å². The number of rotatable bonds is 5. The maximum absolute atomic E-state index is 13.8. The molecule has 1 N–H and O–H groups in total. The molecule has 0 bridgehead atoms. The van der Waals surface area contributed by atoms with Crippen LogP contribution in [0.15, 0.2) is 12.1 Å². The summed E-state index contributed by atoms with van der Waals surface area (Å²) in [6.45, 7) is 3.67. The number of benzene rings is 1. The van der Waals surface area contributed by atoms with Crippen LogP contribution in [0.1, 0.15) is 31.9 Å². The Morgan fingerprint density at radius 1 is 1.28 bits per heavy atom. The Bertz CT molecular complexity index is 419. The standard InChI is InChI=1S/C13H18F3NO/c1-5-13(2,18-4)12(17-3)8-6-7-9(14)11(16)10(8)15/h6-7,12,17H,5H2,1-4H3. The first-order chi connectivity index (χ1) is 8.41. The number of nitrogens with one attached hydrogen (secondary N) is 1. The van der Waals surface area contributed by atoms with Crippen molar-refractivity contribution in [3.8, 4) is 0 Å². The van der Waals surface area contributed by atoms with E-state index < -0.39 is 29.1 Å². The normalized spacial score (nSPS) is 16.4. The minimum Gasteiger partial charge on any atom is -0.377 e. The number of hydrogen-bond acceptors (Lipinski definition) is 2. The van der Waals surface area contributed by atoms with Gasteiger partial charge in [0.25, 0.3) is 0 Å². The van der Waals surface area contributed by atoms with Crippen molar-refractivity contribution < 1.29 is 17.9 Å². The van der Waals surface area contributed by atoms with Crippen LogP contribution < -0.4 is 5.32 Å². The Balaban J connectivity index is 3.30. The second-order valence-electron chi connectivity index (χ2n) is 4.36. The van der Waals surface area contributed by atoms with Gasteiger partial charge in [0.1, 0.15) is 0 Å². The molecule has 0 aromatic heterocycles. The SMILES string of the molecule is CCC(C)(OC)C(NC)c1ccc(F)c(F)c1F. The van der Waals surface area contributed by atoms with E-state index in [1.165, 1.54) is 13.2 Å². The highest BCUT2D eigenvalue weighted by atomic mass is 19.2. The smallest absolute Gasteiger partial charge is 0.194 e. The zero-order chi connectivity index (χ0) is 13.9. The van der Waals surface area contributed by atoms with Crippen LogP contribution in [0.5, 0.6) is 0 Å². The maximum Gasteiger partial charge on any atom is 0.194 e. The number of hydrogen-bond donors (Lipinski definition) is 1. The molecule has 0 radical (unpaired) electrons. The summed E-state index contributed by atoms with van der Waals surface area (Å²) < 4.78 is 45.4. The molecule has 2 atom stereocenters. The minimum atomic E-state index is -1.46. The molecule has 0 saturated carbocycles. The molecule has 0 aliphatic carbocycles. The van der Waals surface area contributed by atoms with E-state index in [1.807, 2.05) is 6.92 Å². The molecule has 0 fully saturated rings. The molecule has 0 aliphatic rings. The molecule has 1 rings (SSSR count). The molecule has 0 saturated heterocycles. The summed E-state index contributed by atoms with van der Waals surface area (Å²) >= 11 is 0. The van der Waals surface area contributed by atoms with Gasteiger partial charge in [0.05, 0.1) is 11.6 Å². The van der Waals surface area contributed by atoms with E-state index in [1.54, 1.807) is 14.0 Å². The van der Waals surface area contributed by atoms with Crippen LogP contribution in [0.2, 0.25) is 0 Å². The molecule has 0 heterocycles. The lowest BCUT2D eigenvalue weighted by Crippen LogP contribution is -2.42. The van der Waals surface area contributed by atoms with E-state index in [-0.39, 0.29) is 5.56 Å². The van der Waals surface area contributed by atoms with Gasteiger partial charge >= 0.3 is 0 Å². The van der Waals surface area contributed by atoms with Crippen molar-refractivity contribution >= 4 is 0 Å². The molecule has 1 aromatic carbocycles. The first kappa shape index (κ1) is 15.0.